The summed E-state index contributed by atoms with van der Waals surface area (Å²) < 4.78 is 32.6. The van der Waals surface area contributed by atoms with Gasteiger partial charge in [0.2, 0.25) is 0 Å². The Hall–Kier alpha value is -1.40. The van der Waals surface area contributed by atoms with Crippen molar-refractivity contribution >= 4 is 15.7 Å². The average Bonchev–Trinajstić information content (AvgIpc) is 2.61. The van der Waals surface area contributed by atoms with Gasteiger partial charge in [0.15, 0.2) is 0 Å². The molecule has 0 saturated heterocycles. The molecule has 5 nitrogen and oxygen atoms in total. The van der Waals surface area contributed by atoms with Crippen LogP contribution in [0, 0.1) is 0 Å². The molecule has 0 aliphatic carbocycles. The molecule has 1 aromatic carbocycles. The fourth-order valence-corrected chi connectivity index (χ4v) is 3.12. The third kappa shape index (κ3) is 1.83. The molecule has 0 fully saturated rings. The minimum atomic E-state index is -3.61. The van der Waals surface area contributed by atoms with Gasteiger partial charge in [-0.3, -0.25) is 0 Å². The summed E-state index contributed by atoms with van der Waals surface area (Å²) in [5.74, 6) is 0.492. The number of hydrogen-bond acceptors (Lipinski definition) is 4. The van der Waals surface area contributed by atoms with E-state index in [0.29, 0.717) is 23.4 Å². The fourth-order valence-electron chi connectivity index (χ4n) is 1.82. The Morgan fingerprint density at radius 1 is 1.47 bits per heavy atom. The van der Waals surface area contributed by atoms with E-state index in [4.69, 9.17) is 10.5 Å². The molecule has 0 saturated carbocycles. The molecule has 6 heteroatoms. The van der Waals surface area contributed by atoms with Gasteiger partial charge in [-0.2, -0.15) is 12.8 Å². The zero-order valence-electron chi connectivity index (χ0n) is 9.67. The molecule has 0 amide bonds. The summed E-state index contributed by atoms with van der Waals surface area (Å²) in [4.78, 5) is 0.177. The van der Waals surface area contributed by atoms with Crippen LogP contribution in [0.25, 0.3) is 0 Å². The van der Waals surface area contributed by atoms with E-state index < -0.39 is 16.1 Å². The Labute approximate surface area is 100 Å². The Kier molecular flexibility index (Phi) is 2.92. The van der Waals surface area contributed by atoms with Crippen molar-refractivity contribution in [1.82, 2.24) is 0 Å². The van der Waals surface area contributed by atoms with Gasteiger partial charge in [-0.05, 0) is 18.6 Å². The van der Waals surface area contributed by atoms with Gasteiger partial charge in [0.05, 0.1) is 18.4 Å². The van der Waals surface area contributed by atoms with Crippen LogP contribution in [0.1, 0.15) is 18.9 Å². The van der Waals surface area contributed by atoms with E-state index in [9.17, 15) is 8.42 Å². The summed E-state index contributed by atoms with van der Waals surface area (Å²) in [6.45, 7) is 1.88. The standard InChI is InChI=1S/C11H14N2O3S/c1-3-7(12)11-10-8(16-2)5-4-6-9(10)17(14,15)13-11/h4-7H,3,12H2,1-2H3. The van der Waals surface area contributed by atoms with Crippen LogP contribution in [0.3, 0.4) is 0 Å². The molecule has 0 radical (unpaired) electrons. The molecule has 2 N–H and O–H groups in total. The number of fused-ring (bicyclic) bond motifs is 1. The topological polar surface area (TPSA) is 81.8 Å². The number of nitrogens with two attached hydrogens (primary N) is 1. The van der Waals surface area contributed by atoms with Gasteiger partial charge in [-0.25, -0.2) is 0 Å². The molecule has 92 valence electrons. The van der Waals surface area contributed by atoms with Crippen molar-refractivity contribution in [2.75, 3.05) is 7.11 Å². The van der Waals surface area contributed by atoms with Crippen molar-refractivity contribution in [2.45, 2.75) is 24.3 Å². The SMILES string of the molecule is CCC(N)C1=NS(=O)(=O)c2cccc(OC)c21. The van der Waals surface area contributed by atoms with Crippen LogP contribution in [0.5, 0.6) is 5.75 Å². The largest absolute Gasteiger partial charge is 0.496 e. The van der Waals surface area contributed by atoms with Crippen LogP contribution >= 0.6 is 0 Å². The van der Waals surface area contributed by atoms with Crippen molar-refractivity contribution in [2.24, 2.45) is 10.1 Å². The van der Waals surface area contributed by atoms with Gasteiger partial charge in [0.1, 0.15) is 10.6 Å². The van der Waals surface area contributed by atoms with Gasteiger partial charge < -0.3 is 10.5 Å². The lowest BCUT2D eigenvalue weighted by Gasteiger charge is -2.12. The smallest absolute Gasteiger partial charge is 0.283 e. The fraction of sp³-hybridized carbons (Fsp3) is 0.364. The molecule has 17 heavy (non-hydrogen) atoms. The first kappa shape index (κ1) is 12.1. The molecule has 1 heterocycles. The van der Waals surface area contributed by atoms with Crippen LogP contribution in [0.4, 0.5) is 0 Å². The normalized spacial score (nSPS) is 18.4. The zero-order chi connectivity index (χ0) is 12.6. The first-order valence-electron chi connectivity index (χ1n) is 5.29. The highest BCUT2D eigenvalue weighted by Gasteiger charge is 2.33. The number of hydrogen-bond donors (Lipinski definition) is 1. The van der Waals surface area contributed by atoms with E-state index in [1.165, 1.54) is 13.2 Å². The van der Waals surface area contributed by atoms with Crippen molar-refractivity contribution in [3.63, 3.8) is 0 Å². The third-order valence-electron chi connectivity index (χ3n) is 2.75. The van der Waals surface area contributed by atoms with Gasteiger partial charge in [0.25, 0.3) is 10.0 Å². The number of ether oxygens (including phenoxy) is 1. The van der Waals surface area contributed by atoms with E-state index in [0.717, 1.165) is 0 Å². The lowest BCUT2D eigenvalue weighted by atomic mass is 10.0. The van der Waals surface area contributed by atoms with Crippen molar-refractivity contribution in [1.29, 1.82) is 0 Å². The second kappa shape index (κ2) is 4.12. The van der Waals surface area contributed by atoms with Gasteiger partial charge in [-0.15, -0.1) is 0 Å². The molecular formula is C11H14N2O3S. The van der Waals surface area contributed by atoms with Gasteiger partial charge >= 0.3 is 0 Å². The van der Waals surface area contributed by atoms with E-state index in [-0.39, 0.29) is 4.90 Å². The molecule has 1 unspecified atom stereocenters. The molecule has 0 spiro atoms. The zero-order valence-corrected chi connectivity index (χ0v) is 10.5. The predicted molar refractivity (Wildman–Crippen MR) is 65.0 cm³/mol. The molecule has 0 bridgehead atoms. The Balaban J connectivity index is 2.71. The van der Waals surface area contributed by atoms with Crippen LogP contribution in [0.2, 0.25) is 0 Å². The minimum Gasteiger partial charge on any atom is -0.496 e. The third-order valence-corrected chi connectivity index (χ3v) is 4.08. The number of sulfonamides is 1. The van der Waals surface area contributed by atoms with E-state index in [1.54, 1.807) is 12.1 Å². The number of benzene rings is 1. The van der Waals surface area contributed by atoms with E-state index in [1.807, 2.05) is 6.92 Å². The van der Waals surface area contributed by atoms with Gasteiger partial charge in [0, 0.05) is 6.04 Å². The average molecular weight is 254 g/mol. The maximum absolute atomic E-state index is 11.9. The molecule has 1 aromatic rings. The minimum absolute atomic E-state index is 0.177. The summed E-state index contributed by atoms with van der Waals surface area (Å²) >= 11 is 0. The summed E-state index contributed by atoms with van der Waals surface area (Å²) in [6, 6.07) is 4.46. The van der Waals surface area contributed by atoms with Crippen LogP contribution < -0.4 is 10.5 Å². The molecule has 1 aliphatic heterocycles. The van der Waals surface area contributed by atoms with Crippen molar-refractivity contribution in [3.05, 3.63) is 23.8 Å². The summed E-state index contributed by atoms with van der Waals surface area (Å²) in [5, 5.41) is 0. The van der Waals surface area contributed by atoms with Crippen LogP contribution in [-0.2, 0) is 10.0 Å². The maximum Gasteiger partial charge on any atom is 0.283 e. The molecule has 1 atom stereocenters. The van der Waals surface area contributed by atoms with Crippen molar-refractivity contribution < 1.29 is 13.2 Å². The van der Waals surface area contributed by atoms with Crippen molar-refractivity contribution in [3.8, 4) is 5.75 Å². The Bertz CT molecular complexity index is 578. The maximum atomic E-state index is 11.9. The summed E-state index contributed by atoms with van der Waals surface area (Å²) in [7, 11) is -2.12. The number of nitrogens with zero attached hydrogens (tertiary/aromatic N) is 1. The molecule has 1 aliphatic rings. The monoisotopic (exact) mass is 254 g/mol. The highest BCUT2D eigenvalue weighted by molar-refractivity contribution is 7.90. The molecule has 2 rings (SSSR count). The van der Waals surface area contributed by atoms with E-state index in [2.05, 4.69) is 4.40 Å². The first-order chi connectivity index (χ1) is 8.01. The highest BCUT2D eigenvalue weighted by atomic mass is 32.2. The second-order valence-electron chi connectivity index (χ2n) is 3.80. The van der Waals surface area contributed by atoms with Crippen LogP contribution in [-0.4, -0.2) is 27.3 Å². The lowest BCUT2D eigenvalue weighted by Crippen LogP contribution is -2.29. The van der Waals surface area contributed by atoms with Gasteiger partial charge in [-0.1, -0.05) is 13.0 Å². The summed E-state index contributed by atoms with van der Waals surface area (Å²) in [6.07, 6.45) is 0.617. The Morgan fingerprint density at radius 2 is 2.18 bits per heavy atom. The number of rotatable bonds is 3. The quantitative estimate of drug-likeness (QED) is 0.869. The summed E-state index contributed by atoms with van der Waals surface area (Å²) in [5.41, 5.74) is 6.78. The van der Waals surface area contributed by atoms with E-state index >= 15 is 0 Å². The number of methoxy groups -OCH3 is 1. The molecular weight excluding hydrogens is 240 g/mol. The molecule has 0 aromatic heterocycles. The second-order valence-corrected chi connectivity index (χ2v) is 5.37. The first-order valence-corrected chi connectivity index (χ1v) is 6.73. The Morgan fingerprint density at radius 3 is 2.76 bits per heavy atom. The van der Waals surface area contributed by atoms with Crippen LogP contribution in [0.15, 0.2) is 27.5 Å². The highest BCUT2D eigenvalue weighted by Crippen LogP contribution is 2.34. The lowest BCUT2D eigenvalue weighted by molar-refractivity contribution is 0.412. The predicted octanol–water partition coefficient (Wildman–Crippen LogP) is 0.924.